The van der Waals surface area contributed by atoms with Crippen LogP contribution in [0.25, 0.3) is 0 Å². The van der Waals surface area contributed by atoms with Gasteiger partial charge in [-0.15, -0.1) is 24.0 Å². The van der Waals surface area contributed by atoms with Crippen LogP contribution in [0.4, 0.5) is 0 Å². The number of nitrogens with one attached hydrogen (secondary N) is 3. The zero-order valence-electron chi connectivity index (χ0n) is 17.3. The van der Waals surface area contributed by atoms with Crippen LogP contribution < -0.4 is 16.0 Å². The van der Waals surface area contributed by atoms with E-state index in [2.05, 4.69) is 25.8 Å². The molecule has 1 aliphatic rings. The zero-order valence-corrected chi connectivity index (χ0v) is 19.6. The fourth-order valence-corrected chi connectivity index (χ4v) is 3.09. The number of halogens is 1. The molecule has 2 rings (SSSR count). The highest BCUT2D eigenvalue weighted by molar-refractivity contribution is 14.0. The van der Waals surface area contributed by atoms with Gasteiger partial charge in [0.15, 0.2) is 5.96 Å². The summed E-state index contributed by atoms with van der Waals surface area (Å²) in [5.41, 5.74) is 0.520. The Morgan fingerprint density at radius 2 is 1.93 bits per heavy atom. The molecule has 4 N–H and O–H groups in total. The Hall–Kier alpha value is -1.59. The molecule has 0 unspecified atom stereocenters. The summed E-state index contributed by atoms with van der Waals surface area (Å²) in [6, 6.07) is 6.60. The number of amides is 1. The fraction of sp³-hybridized carbons (Fsp3) is 0.600. The quantitative estimate of drug-likeness (QED) is 0.171. The lowest BCUT2D eigenvalue weighted by molar-refractivity contribution is 0.0955. The molecule has 1 saturated heterocycles. The lowest BCUT2D eigenvalue weighted by Gasteiger charge is -2.32. The number of carbonyl (C=O) groups excluding carboxylic acids is 1. The molecule has 0 atom stereocenters. The second kappa shape index (κ2) is 14.4. The van der Waals surface area contributed by atoms with E-state index < -0.39 is 0 Å². The van der Waals surface area contributed by atoms with Crippen LogP contribution in [-0.4, -0.2) is 80.9 Å². The first-order valence-electron chi connectivity index (χ1n) is 9.95. The van der Waals surface area contributed by atoms with Gasteiger partial charge in [-0.2, -0.15) is 0 Å². The molecule has 1 aliphatic heterocycles. The minimum absolute atomic E-state index is 0. The molecule has 0 bridgehead atoms. The van der Waals surface area contributed by atoms with Gasteiger partial charge < -0.3 is 30.7 Å². The summed E-state index contributed by atoms with van der Waals surface area (Å²) >= 11 is 0. The Balaban J connectivity index is 0.00000420. The van der Waals surface area contributed by atoms with Crippen LogP contribution in [0.5, 0.6) is 5.75 Å². The Kier molecular flexibility index (Phi) is 12.6. The van der Waals surface area contributed by atoms with Crippen molar-refractivity contribution in [3.05, 3.63) is 29.8 Å². The third kappa shape index (κ3) is 9.64. The Labute approximate surface area is 190 Å². The highest BCUT2D eigenvalue weighted by Crippen LogP contribution is 2.10. The third-order valence-electron chi connectivity index (χ3n) is 4.68. The summed E-state index contributed by atoms with van der Waals surface area (Å²) in [5, 5.41) is 18.9. The van der Waals surface area contributed by atoms with E-state index in [-0.39, 0.29) is 35.6 Å². The van der Waals surface area contributed by atoms with Gasteiger partial charge in [0, 0.05) is 51.4 Å². The minimum Gasteiger partial charge on any atom is -0.508 e. The van der Waals surface area contributed by atoms with E-state index in [0.717, 1.165) is 51.6 Å². The molecule has 1 heterocycles. The Bertz CT molecular complexity index is 619. The highest BCUT2D eigenvalue weighted by atomic mass is 127. The molecule has 0 aromatic heterocycles. The molecule has 29 heavy (non-hydrogen) atoms. The number of carbonyl (C=O) groups is 1. The van der Waals surface area contributed by atoms with Crippen LogP contribution in [0.3, 0.4) is 0 Å². The monoisotopic (exact) mass is 519 g/mol. The summed E-state index contributed by atoms with van der Waals surface area (Å²) in [5.74, 6) is 0.764. The normalized spacial score (nSPS) is 15.4. The average Bonchev–Trinajstić information content (AvgIpc) is 2.71. The van der Waals surface area contributed by atoms with Crippen molar-refractivity contribution in [1.29, 1.82) is 0 Å². The smallest absolute Gasteiger partial charge is 0.251 e. The lowest BCUT2D eigenvalue weighted by atomic mass is 10.1. The number of piperidine rings is 1. The van der Waals surface area contributed by atoms with E-state index >= 15 is 0 Å². The largest absolute Gasteiger partial charge is 0.508 e. The number of ether oxygens (including phenoxy) is 1. The lowest BCUT2D eigenvalue weighted by Crippen LogP contribution is -2.49. The second-order valence-electron chi connectivity index (χ2n) is 6.82. The first kappa shape index (κ1) is 25.4. The van der Waals surface area contributed by atoms with Crippen molar-refractivity contribution in [2.75, 3.05) is 53.0 Å². The van der Waals surface area contributed by atoms with Gasteiger partial charge in [0.2, 0.25) is 0 Å². The number of guanidine groups is 1. The first-order valence-corrected chi connectivity index (χ1v) is 9.95. The van der Waals surface area contributed by atoms with Crippen LogP contribution in [0, 0.1) is 0 Å². The molecule has 9 heteroatoms. The van der Waals surface area contributed by atoms with Gasteiger partial charge in [0.05, 0.1) is 13.2 Å². The van der Waals surface area contributed by atoms with E-state index in [1.165, 1.54) is 12.1 Å². The molecule has 1 aromatic carbocycles. The maximum Gasteiger partial charge on any atom is 0.251 e. The first-order chi connectivity index (χ1) is 13.6. The summed E-state index contributed by atoms with van der Waals surface area (Å²) in [6.07, 6.45) is 2.15. The van der Waals surface area contributed by atoms with Crippen molar-refractivity contribution in [3.8, 4) is 5.75 Å². The van der Waals surface area contributed by atoms with Crippen LogP contribution in [0.1, 0.15) is 30.1 Å². The number of likely N-dealkylation sites (tertiary alicyclic amines) is 1. The van der Waals surface area contributed by atoms with E-state index in [1.807, 2.05) is 6.92 Å². The molecular formula is C20H34IN5O3. The van der Waals surface area contributed by atoms with E-state index in [0.29, 0.717) is 24.7 Å². The van der Waals surface area contributed by atoms with Crippen LogP contribution in [-0.2, 0) is 4.74 Å². The molecule has 0 saturated carbocycles. The maximum atomic E-state index is 12.1. The molecule has 8 nitrogen and oxygen atoms in total. The number of aromatic hydroxyl groups is 1. The standard InChI is InChI=1S/C20H33N5O3.HI/c1-3-21-20(24-17-8-12-25(13-9-17)14-15-28-2)23-11-10-22-19(27)16-4-6-18(26)7-5-16;/h4-7,17,26H,3,8-15H2,1-2H3,(H,22,27)(H2,21,23,24);1H. The SMILES string of the molecule is CCNC(=NCCNC(=O)c1ccc(O)cc1)NC1CCN(CCOC)CC1.I. The Morgan fingerprint density at radius 1 is 1.24 bits per heavy atom. The van der Waals surface area contributed by atoms with Crippen molar-refractivity contribution in [1.82, 2.24) is 20.9 Å². The molecule has 164 valence electrons. The molecule has 1 amide bonds. The summed E-state index contributed by atoms with van der Waals surface area (Å²) < 4.78 is 5.15. The molecule has 0 aliphatic carbocycles. The van der Waals surface area contributed by atoms with Crippen molar-refractivity contribution < 1.29 is 14.6 Å². The van der Waals surface area contributed by atoms with Gasteiger partial charge >= 0.3 is 0 Å². The van der Waals surface area contributed by atoms with Crippen molar-refractivity contribution in [2.24, 2.45) is 4.99 Å². The van der Waals surface area contributed by atoms with Gasteiger partial charge in [-0.3, -0.25) is 9.79 Å². The topological polar surface area (TPSA) is 98.2 Å². The number of phenols is 1. The van der Waals surface area contributed by atoms with Crippen molar-refractivity contribution in [3.63, 3.8) is 0 Å². The number of aliphatic imine (C=N–C) groups is 1. The predicted molar refractivity (Wildman–Crippen MR) is 126 cm³/mol. The van der Waals surface area contributed by atoms with E-state index in [9.17, 15) is 9.90 Å². The Morgan fingerprint density at radius 3 is 2.55 bits per heavy atom. The number of hydrogen-bond donors (Lipinski definition) is 4. The predicted octanol–water partition coefficient (Wildman–Crippen LogP) is 1.41. The summed E-state index contributed by atoms with van der Waals surface area (Å²) in [7, 11) is 1.74. The summed E-state index contributed by atoms with van der Waals surface area (Å²) in [6.45, 7) is 7.65. The number of phenolic OH excluding ortho intramolecular Hbond substituents is 1. The minimum atomic E-state index is -0.170. The molecular weight excluding hydrogens is 485 g/mol. The van der Waals surface area contributed by atoms with Crippen LogP contribution in [0.15, 0.2) is 29.3 Å². The number of hydrogen-bond acceptors (Lipinski definition) is 5. The molecule has 0 radical (unpaired) electrons. The van der Waals surface area contributed by atoms with E-state index in [1.54, 1.807) is 19.2 Å². The number of nitrogens with zero attached hydrogens (tertiary/aromatic N) is 2. The van der Waals surface area contributed by atoms with Crippen LogP contribution >= 0.6 is 24.0 Å². The van der Waals surface area contributed by atoms with Crippen molar-refractivity contribution in [2.45, 2.75) is 25.8 Å². The average molecular weight is 519 g/mol. The molecule has 1 aromatic rings. The molecule has 1 fully saturated rings. The third-order valence-corrected chi connectivity index (χ3v) is 4.68. The van der Waals surface area contributed by atoms with Crippen LogP contribution in [0.2, 0.25) is 0 Å². The zero-order chi connectivity index (χ0) is 20.2. The summed E-state index contributed by atoms with van der Waals surface area (Å²) in [4.78, 5) is 19.0. The fourth-order valence-electron chi connectivity index (χ4n) is 3.09. The van der Waals surface area contributed by atoms with Crippen molar-refractivity contribution >= 4 is 35.8 Å². The van der Waals surface area contributed by atoms with Gasteiger partial charge in [-0.1, -0.05) is 0 Å². The van der Waals surface area contributed by atoms with Gasteiger partial charge in [-0.25, -0.2) is 0 Å². The van der Waals surface area contributed by atoms with Gasteiger partial charge in [0.1, 0.15) is 5.75 Å². The van der Waals surface area contributed by atoms with Gasteiger partial charge in [-0.05, 0) is 44.0 Å². The number of methoxy groups -OCH3 is 1. The maximum absolute atomic E-state index is 12.1. The van der Waals surface area contributed by atoms with E-state index in [4.69, 9.17) is 4.74 Å². The molecule has 0 spiro atoms. The number of rotatable bonds is 9. The number of benzene rings is 1. The van der Waals surface area contributed by atoms with Gasteiger partial charge in [0.25, 0.3) is 5.91 Å². The highest BCUT2D eigenvalue weighted by Gasteiger charge is 2.19. The second-order valence-corrected chi connectivity index (χ2v) is 6.82.